The number of rotatable bonds is 4. The van der Waals surface area contributed by atoms with Crippen molar-refractivity contribution >= 4 is 0 Å². The standard InChI is InChI=1S/C15H30N2O/c1-3-12-4-5-13(11-16)15(10-12)17(2)14-6-8-18-9-7-14/h12-15H,3-11,16H2,1-2H3. The topological polar surface area (TPSA) is 38.5 Å². The largest absolute Gasteiger partial charge is 0.381 e. The lowest BCUT2D eigenvalue weighted by Gasteiger charge is -2.45. The molecule has 0 radical (unpaired) electrons. The Morgan fingerprint density at radius 3 is 2.50 bits per heavy atom. The Balaban J connectivity index is 1.97. The van der Waals surface area contributed by atoms with Gasteiger partial charge < -0.3 is 10.5 Å². The molecule has 0 bridgehead atoms. The van der Waals surface area contributed by atoms with Gasteiger partial charge in [0.25, 0.3) is 0 Å². The highest BCUT2D eigenvalue weighted by molar-refractivity contribution is 4.89. The van der Waals surface area contributed by atoms with Crippen molar-refractivity contribution in [2.45, 2.75) is 57.5 Å². The van der Waals surface area contributed by atoms with E-state index in [0.717, 1.165) is 25.7 Å². The molecule has 18 heavy (non-hydrogen) atoms. The van der Waals surface area contributed by atoms with E-state index in [0.29, 0.717) is 18.0 Å². The van der Waals surface area contributed by atoms with Crippen LogP contribution in [0.2, 0.25) is 0 Å². The van der Waals surface area contributed by atoms with Gasteiger partial charge >= 0.3 is 0 Å². The molecule has 0 aromatic heterocycles. The summed E-state index contributed by atoms with van der Waals surface area (Å²) in [6.07, 6.45) is 7.79. The number of hydrogen-bond acceptors (Lipinski definition) is 3. The molecule has 0 spiro atoms. The summed E-state index contributed by atoms with van der Waals surface area (Å²) in [5.74, 6) is 1.63. The normalized spacial score (nSPS) is 35.0. The lowest BCUT2D eigenvalue weighted by atomic mass is 9.76. The van der Waals surface area contributed by atoms with Gasteiger partial charge in [-0.3, -0.25) is 4.90 Å². The van der Waals surface area contributed by atoms with Crippen LogP contribution in [0.25, 0.3) is 0 Å². The molecule has 2 rings (SSSR count). The Hall–Kier alpha value is -0.120. The van der Waals surface area contributed by atoms with Gasteiger partial charge in [0.1, 0.15) is 0 Å². The van der Waals surface area contributed by atoms with E-state index in [4.69, 9.17) is 10.5 Å². The van der Waals surface area contributed by atoms with Gasteiger partial charge in [-0.05, 0) is 51.1 Å². The van der Waals surface area contributed by atoms with E-state index in [2.05, 4.69) is 18.9 Å². The molecule has 3 unspecified atom stereocenters. The number of ether oxygens (including phenoxy) is 1. The van der Waals surface area contributed by atoms with Crippen molar-refractivity contribution in [2.24, 2.45) is 17.6 Å². The maximum Gasteiger partial charge on any atom is 0.0480 e. The lowest BCUT2D eigenvalue weighted by Crippen LogP contribution is -2.50. The molecule has 1 heterocycles. The van der Waals surface area contributed by atoms with Crippen LogP contribution in [-0.2, 0) is 4.74 Å². The van der Waals surface area contributed by atoms with Crippen LogP contribution in [0.3, 0.4) is 0 Å². The van der Waals surface area contributed by atoms with Gasteiger partial charge in [0.2, 0.25) is 0 Å². The molecule has 2 N–H and O–H groups in total. The zero-order valence-corrected chi connectivity index (χ0v) is 12.1. The molecule has 1 saturated carbocycles. The van der Waals surface area contributed by atoms with E-state index in [-0.39, 0.29) is 0 Å². The molecule has 1 aliphatic heterocycles. The third kappa shape index (κ3) is 3.25. The van der Waals surface area contributed by atoms with Crippen LogP contribution < -0.4 is 5.73 Å². The van der Waals surface area contributed by atoms with Gasteiger partial charge in [-0.25, -0.2) is 0 Å². The van der Waals surface area contributed by atoms with Crippen molar-refractivity contribution in [3.05, 3.63) is 0 Å². The smallest absolute Gasteiger partial charge is 0.0480 e. The first-order valence-corrected chi connectivity index (χ1v) is 7.76. The van der Waals surface area contributed by atoms with E-state index < -0.39 is 0 Å². The second-order valence-corrected chi connectivity index (χ2v) is 6.16. The van der Waals surface area contributed by atoms with Crippen molar-refractivity contribution in [2.75, 3.05) is 26.8 Å². The molecule has 3 heteroatoms. The minimum Gasteiger partial charge on any atom is -0.381 e. The Kier molecular flexibility index (Phi) is 5.46. The van der Waals surface area contributed by atoms with Gasteiger partial charge in [0.15, 0.2) is 0 Å². The van der Waals surface area contributed by atoms with E-state index >= 15 is 0 Å². The van der Waals surface area contributed by atoms with Gasteiger partial charge in [-0.1, -0.05) is 19.8 Å². The maximum atomic E-state index is 6.00. The minimum atomic E-state index is 0.705. The fourth-order valence-corrected chi connectivity index (χ4v) is 3.80. The Bertz CT molecular complexity index is 241. The quantitative estimate of drug-likeness (QED) is 0.836. The summed E-state index contributed by atoms with van der Waals surface area (Å²) in [6.45, 7) is 5.06. The Morgan fingerprint density at radius 1 is 1.17 bits per heavy atom. The molecule has 0 aromatic carbocycles. The summed E-state index contributed by atoms with van der Waals surface area (Å²) in [5, 5.41) is 0. The zero-order valence-electron chi connectivity index (χ0n) is 12.1. The highest BCUT2D eigenvalue weighted by Crippen LogP contribution is 2.34. The molecule has 1 aliphatic carbocycles. The molecule has 1 saturated heterocycles. The molecule has 106 valence electrons. The lowest BCUT2D eigenvalue weighted by molar-refractivity contribution is 0.00197. The predicted molar refractivity (Wildman–Crippen MR) is 75.6 cm³/mol. The van der Waals surface area contributed by atoms with E-state index in [1.807, 2.05) is 0 Å². The van der Waals surface area contributed by atoms with E-state index in [1.165, 1.54) is 38.5 Å². The molecule has 2 aliphatic rings. The molecular formula is C15H30N2O. The van der Waals surface area contributed by atoms with Crippen LogP contribution in [0, 0.1) is 11.8 Å². The van der Waals surface area contributed by atoms with Crippen molar-refractivity contribution < 1.29 is 4.74 Å². The average molecular weight is 254 g/mol. The van der Waals surface area contributed by atoms with Crippen LogP contribution in [0.5, 0.6) is 0 Å². The first kappa shape index (κ1) is 14.3. The predicted octanol–water partition coefficient (Wildman–Crippen LogP) is 2.25. The van der Waals surface area contributed by atoms with Crippen LogP contribution >= 0.6 is 0 Å². The molecule has 3 nitrogen and oxygen atoms in total. The van der Waals surface area contributed by atoms with Crippen molar-refractivity contribution in [1.29, 1.82) is 0 Å². The second-order valence-electron chi connectivity index (χ2n) is 6.16. The Morgan fingerprint density at radius 2 is 1.89 bits per heavy atom. The van der Waals surface area contributed by atoms with Crippen LogP contribution in [-0.4, -0.2) is 43.8 Å². The van der Waals surface area contributed by atoms with Gasteiger partial charge in [0.05, 0.1) is 0 Å². The fourth-order valence-electron chi connectivity index (χ4n) is 3.80. The van der Waals surface area contributed by atoms with Gasteiger partial charge in [-0.2, -0.15) is 0 Å². The molecule has 3 atom stereocenters. The summed E-state index contributed by atoms with van der Waals surface area (Å²) in [6, 6.07) is 1.42. The summed E-state index contributed by atoms with van der Waals surface area (Å²) < 4.78 is 5.48. The SMILES string of the molecule is CCC1CCC(CN)C(N(C)C2CCOCC2)C1. The summed E-state index contributed by atoms with van der Waals surface area (Å²) >= 11 is 0. The highest BCUT2D eigenvalue weighted by atomic mass is 16.5. The van der Waals surface area contributed by atoms with Crippen molar-refractivity contribution in [3.63, 3.8) is 0 Å². The first-order chi connectivity index (χ1) is 8.76. The fraction of sp³-hybridized carbons (Fsp3) is 1.00. The number of nitrogens with two attached hydrogens (primary N) is 1. The molecular weight excluding hydrogens is 224 g/mol. The third-order valence-corrected chi connectivity index (χ3v) is 5.23. The van der Waals surface area contributed by atoms with E-state index in [1.54, 1.807) is 0 Å². The number of hydrogen-bond donors (Lipinski definition) is 1. The van der Waals surface area contributed by atoms with Gasteiger partial charge in [-0.15, -0.1) is 0 Å². The highest BCUT2D eigenvalue weighted by Gasteiger charge is 2.34. The van der Waals surface area contributed by atoms with Gasteiger partial charge in [0, 0.05) is 25.3 Å². The van der Waals surface area contributed by atoms with Crippen LogP contribution in [0.4, 0.5) is 0 Å². The summed E-state index contributed by atoms with van der Waals surface area (Å²) in [7, 11) is 2.32. The summed E-state index contributed by atoms with van der Waals surface area (Å²) in [4.78, 5) is 2.64. The van der Waals surface area contributed by atoms with Crippen molar-refractivity contribution in [3.8, 4) is 0 Å². The molecule has 0 amide bonds. The maximum absolute atomic E-state index is 6.00. The summed E-state index contributed by atoms with van der Waals surface area (Å²) in [5.41, 5.74) is 6.00. The van der Waals surface area contributed by atoms with Crippen LogP contribution in [0.15, 0.2) is 0 Å². The first-order valence-electron chi connectivity index (χ1n) is 7.76. The van der Waals surface area contributed by atoms with Crippen molar-refractivity contribution in [1.82, 2.24) is 4.90 Å². The second kappa shape index (κ2) is 6.88. The monoisotopic (exact) mass is 254 g/mol. The average Bonchev–Trinajstić information content (AvgIpc) is 2.46. The molecule has 0 aromatic rings. The third-order valence-electron chi connectivity index (χ3n) is 5.23. The Labute approximate surface area is 112 Å². The minimum absolute atomic E-state index is 0.705. The number of nitrogens with zero attached hydrogens (tertiary/aromatic N) is 1. The zero-order chi connectivity index (χ0) is 13.0. The van der Waals surface area contributed by atoms with Crippen LogP contribution in [0.1, 0.15) is 45.4 Å². The molecule has 2 fully saturated rings. The van der Waals surface area contributed by atoms with E-state index in [9.17, 15) is 0 Å².